The third-order valence-electron chi connectivity index (χ3n) is 6.92. The number of carbonyl (C=O) groups is 2. The highest BCUT2D eigenvalue weighted by Gasteiger charge is 2.36. The Bertz CT molecular complexity index is 1140. The highest BCUT2D eigenvalue weighted by Crippen LogP contribution is 2.27. The first kappa shape index (κ1) is 27.7. The molecule has 1 aliphatic heterocycles. The summed E-state index contributed by atoms with van der Waals surface area (Å²) in [6, 6.07) is 12.6. The molecule has 0 aliphatic carbocycles. The first-order chi connectivity index (χ1) is 17.0. The van der Waals surface area contributed by atoms with Crippen molar-refractivity contribution >= 4 is 21.8 Å². The first-order valence-electron chi connectivity index (χ1n) is 12.3. The molecule has 0 radical (unpaired) electrons. The second kappa shape index (κ2) is 11.9. The number of rotatable bonds is 9. The molecule has 9 heteroatoms. The van der Waals surface area contributed by atoms with Crippen LogP contribution in [0.25, 0.3) is 0 Å². The molecule has 36 heavy (non-hydrogen) atoms. The smallest absolute Gasteiger partial charge is 0.251 e. The van der Waals surface area contributed by atoms with Crippen molar-refractivity contribution in [2.45, 2.75) is 57.5 Å². The van der Waals surface area contributed by atoms with Crippen LogP contribution in [0.3, 0.4) is 0 Å². The van der Waals surface area contributed by atoms with Gasteiger partial charge in [0.05, 0.1) is 12.0 Å². The lowest BCUT2D eigenvalue weighted by molar-refractivity contribution is -0.125. The number of carbonyl (C=O) groups excluding carboxylic acids is 2. The Labute approximate surface area is 214 Å². The first-order valence-corrected chi connectivity index (χ1v) is 13.8. The predicted molar refractivity (Wildman–Crippen MR) is 139 cm³/mol. The van der Waals surface area contributed by atoms with Gasteiger partial charge < -0.3 is 15.4 Å². The summed E-state index contributed by atoms with van der Waals surface area (Å²) in [4.78, 5) is 26.6. The molecular formula is C27H37N3O5S. The highest BCUT2D eigenvalue weighted by atomic mass is 32.2. The molecule has 2 unspecified atom stereocenters. The molecule has 2 amide bonds. The van der Waals surface area contributed by atoms with E-state index in [0.717, 1.165) is 5.56 Å². The number of aryl methyl sites for hydroxylation is 1. The summed E-state index contributed by atoms with van der Waals surface area (Å²) < 4.78 is 32.8. The van der Waals surface area contributed by atoms with Crippen molar-refractivity contribution in [1.82, 2.24) is 14.9 Å². The molecule has 3 rings (SSSR count). The Morgan fingerprint density at radius 3 is 2.06 bits per heavy atom. The normalized spacial score (nSPS) is 16.8. The van der Waals surface area contributed by atoms with E-state index in [9.17, 15) is 18.0 Å². The summed E-state index contributed by atoms with van der Waals surface area (Å²) in [5.74, 6) is 0.0563. The van der Waals surface area contributed by atoms with E-state index in [2.05, 4.69) is 10.6 Å². The highest BCUT2D eigenvalue weighted by molar-refractivity contribution is 7.89. The molecule has 2 atom stereocenters. The largest absolute Gasteiger partial charge is 0.497 e. The zero-order valence-electron chi connectivity index (χ0n) is 21.7. The predicted octanol–water partition coefficient (Wildman–Crippen LogP) is 3.36. The Morgan fingerprint density at radius 1 is 0.944 bits per heavy atom. The zero-order chi connectivity index (χ0) is 26.5. The number of ether oxygens (including phenoxy) is 1. The van der Waals surface area contributed by atoms with E-state index in [0.29, 0.717) is 24.2 Å². The minimum absolute atomic E-state index is 0.0695. The lowest BCUT2D eigenvalue weighted by atomic mass is 9.89. The monoisotopic (exact) mass is 515 g/mol. The summed E-state index contributed by atoms with van der Waals surface area (Å²) in [5, 5.41) is 5.94. The van der Waals surface area contributed by atoms with Crippen LogP contribution < -0.4 is 15.4 Å². The molecular weight excluding hydrogens is 478 g/mol. The third kappa shape index (κ3) is 6.64. The number of hydrogen-bond acceptors (Lipinski definition) is 5. The Balaban J connectivity index is 1.75. The van der Waals surface area contributed by atoms with Gasteiger partial charge in [0.1, 0.15) is 11.8 Å². The van der Waals surface area contributed by atoms with Gasteiger partial charge >= 0.3 is 0 Å². The van der Waals surface area contributed by atoms with E-state index in [1.165, 1.54) is 4.31 Å². The van der Waals surface area contributed by atoms with Gasteiger partial charge in [0.15, 0.2) is 0 Å². The van der Waals surface area contributed by atoms with Gasteiger partial charge in [0, 0.05) is 24.7 Å². The lowest BCUT2D eigenvalue weighted by Crippen LogP contribution is -2.55. The maximum absolute atomic E-state index is 13.3. The number of benzene rings is 2. The van der Waals surface area contributed by atoms with Crippen molar-refractivity contribution < 1.29 is 22.7 Å². The van der Waals surface area contributed by atoms with Crippen LogP contribution in [0.4, 0.5) is 0 Å². The summed E-state index contributed by atoms with van der Waals surface area (Å²) in [7, 11) is -2.07. The van der Waals surface area contributed by atoms with Crippen LogP contribution in [0.15, 0.2) is 53.4 Å². The van der Waals surface area contributed by atoms with E-state index < -0.39 is 16.1 Å². The number of piperidine rings is 1. The van der Waals surface area contributed by atoms with Gasteiger partial charge in [0.25, 0.3) is 5.91 Å². The van der Waals surface area contributed by atoms with Crippen molar-refractivity contribution in [3.63, 3.8) is 0 Å². The molecule has 1 heterocycles. The van der Waals surface area contributed by atoms with Crippen LogP contribution in [-0.2, 0) is 14.8 Å². The minimum Gasteiger partial charge on any atom is -0.497 e. The number of nitrogens with one attached hydrogen (secondary N) is 2. The standard InChI is InChI=1S/C27H37N3O5S/c1-18(2)20(4)28-27(32)25(29-26(31)22-8-10-23(35-5)11-9-22)21-14-16-30(17-15-21)36(33,34)24-12-6-19(3)7-13-24/h6-13,18,20-21,25H,14-17H2,1-5H3,(H,28,32)(H,29,31). The van der Waals surface area contributed by atoms with Gasteiger partial charge in [0.2, 0.25) is 15.9 Å². The van der Waals surface area contributed by atoms with E-state index in [1.807, 2.05) is 27.7 Å². The number of sulfonamides is 1. The SMILES string of the molecule is COc1ccc(C(=O)NC(C(=O)NC(C)C(C)C)C2CCN(S(=O)(=O)c3ccc(C)cc3)CC2)cc1. The molecule has 0 aromatic heterocycles. The third-order valence-corrected chi connectivity index (χ3v) is 8.83. The average molecular weight is 516 g/mol. The van der Waals surface area contributed by atoms with E-state index >= 15 is 0 Å². The number of nitrogens with zero attached hydrogens (tertiary/aromatic N) is 1. The zero-order valence-corrected chi connectivity index (χ0v) is 22.5. The minimum atomic E-state index is -3.62. The number of amides is 2. The Hall–Kier alpha value is -2.91. The second-order valence-electron chi connectivity index (χ2n) is 9.78. The van der Waals surface area contributed by atoms with Gasteiger partial charge in [-0.1, -0.05) is 31.5 Å². The van der Waals surface area contributed by atoms with Crippen LogP contribution in [0.1, 0.15) is 49.5 Å². The Kier molecular flexibility index (Phi) is 9.13. The lowest BCUT2D eigenvalue weighted by Gasteiger charge is -2.35. The number of hydrogen-bond donors (Lipinski definition) is 2. The maximum atomic E-state index is 13.3. The van der Waals surface area contributed by atoms with Crippen LogP contribution in [0.5, 0.6) is 5.75 Å². The molecule has 1 saturated heterocycles. The molecule has 0 spiro atoms. The topological polar surface area (TPSA) is 105 Å². The second-order valence-corrected chi connectivity index (χ2v) is 11.7. The van der Waals surface area contributed by atoms with Crippen molar-refractivity contribution in [1.29, 1.82) is 0 Å². The molecule has 2 N–H and O–H groups in total. The fourth-order valence-corrected chi connectivity index (χ4v) is 5.62. The molecule has 0 bridgehead atoms. The summed E-state index contributed by atoms with van der Waals surface area (Å²) in [6.07, 6.45) is 0.921. The van der Waals surface area contributed by atoms with Gasteiger partial charge in [-0.25, -0.2) is 8.42 Å². The maximum Gasteiger partial charge on any atom is 0.251 e. The molecule has 196 valence electrons. The molecule has 1 aliphatic rings. The van der Waals surface area contributed by atoms with E-state index in [1.54, 1.807) is 55.6 Å². The van der Waals surface area contributed by atoms with E-state index in [4.69, 9.17) is 4.74 Å². The van der Waals surface area contributed by atoms with Crippen molar-refractivity contribution in [3.05, 3.63) is 59.7 Å². The number of methoxy groups -OCH3 is 1. The van der Waals surface area contributed by atoms with E-state index in [-0.39, 0.29) is 47.7 Å². The van der Waals surface area contributed by atoms with Gasteiger partial charge in [-0.2, -0.15) is 4.31 Å². The van der Waals surface area contributed by atoms with Crippen molar-refractivity contribution in [2.75, 3.05) is 20.2 Å². The molecule has 2 aromatic carbocycles. The molecule has 0 saturated carbocycles. The van der Waals surface area contributed by atoms with Crippen molar-refractivity contribution in [2.24, 2.45) is 11.8 Å². The quantitative estimate of drug-likeness (QED) is 0.533. The van der Waals surface area contributed by atoms with Gasteiger partial charge in [-0.3, -0.25) is 9.59 Å². The van der Waals surface area contributed by atoms with Crippen LogP contribution >= 0.6 is 0 Å². The fourth-order valence-electron chi connectivity index (χ4n) is 4.15. The average Bonchev–Trinajstić information content (AvgIpc) is 2.87. The van der Waals surface area contributed by atoms with Crippen molar-refractivity contribution in [3.8, 4) is 5.75 Å². The fraction of sp³-hybridized carbons (Fsp3) is 0.481. The molecule has 1 fully saturated rings. The summed E-state index contributed by atoms with van der Waals surface area (Å²) in [5.41, 5.74) is 1.41. The summed E-state index contributed by atoms with van der Waals surface area (Å²) in [6.45, 7) is 8.44. The van der Waals surface area contributed by atoms with Crippen LogP contribution in [0.2, 0.25) is 0 Å². The Morgan fingerprint density at radius 2 is 1.53 bits per heavy atom. The van der Waals surface area contributed by atoms with Gasteiger partial charge in [-0.15, -0.1) is 0 Å². The summed E-state index contributed by atoms with van der Waals surface area (Å²) >= 11 is 0. The molecule has 2 aromatic rings. The van der Waals surface area contributed by atoms with Gasteiger partial charge in [-0.05, 0) is 74.9 Å². The molecule has 8 nitrogen and oxygen atoms in total. The van der Waals surface area contributed by atoms with Crippen LogP contribution in [0, 0.1) is 18.8 Å². The van der Waals surface area contributed by atoms with Crippen LogP contribution in [-0.4, -0.2) is 56.8 Å².